The fraction of sp³-hybridized carbons (Fsp3) is 0.258. The first-order valence-electron chi connectivity index (χ1n) is 13.8. The number of benzene rings is 3. The van der Waals surface area contributed by atoms with Gasteiger partial charge in [-0.3, -0.25) is 19.1 Å². The summed E-state index contributed by atoms with van der Waals surface area (Å²) in [4.78, 5) is 30.4. The number of halogens is 1. The molecule has 1 aromatic heterocycles. The summed E-state index contributed by atoms with van der Waals surface area (Å²) in [5.74, 6) is 0.388. The lowest BCUT2D eigenvalue weighted by Crippen LogP contribution is -2.28. The highest BCUT2D eigenvalue weighted by Crippen LogP contribution is 2.34. The van der Waals surface area contributed by atoms with Crippen molar-refractivity contribution in [2.24, 2.45) is 4.99 Å². The first kappa shape index (κ1) is 29.6. The second kappa shape index (κ2) is 13.0. The summed E-state index contributed by atoms with van der Waals surface area (Å²) in [6, 6.07) is 16.7. The summed E-state index contributed by atoms with van der Waals surface area (Å²) in [6.45, 7) is 2.59. The number of nitrogens with one attached hydrogen (secondary N) is 2. The fourth-order valence-electron chi connectivity index (χ4n) is 4.91. The Balaban J connectivity index is 1.27. The molecule has 2 amide bonds. The van der Waals surface area contributed by atoms with E-state index in [-0.39, 0.29) is 23.6 Å². The van der Waals surface area contributed by atoms with Gasteiger partial charge in [-0.1, -0.05) is 29.8 Å². The van der Waals surface area contributed by atoms with Gasteiger partial charge in [0, 0.05) is 29.2 Å². The van der Waals surface area contributed by atoms with E-state index in [4.69, 9.17) is 21.3 Å². The number of ether oxygens (including phenoxy) is 1. The van der Waals surface area contributed by atoms with Crippen LogP contribution in [0, 0.1) is 6.92 Å². The highest BCUT2D eigenvalue weighted by atomic mass is 35.5. The van der Waals surface area contributed by atoms with Crippen molar-refractivity contribution in [3.05, 3.63) is 94.0 Å². The largest absolute Gasteiger partial charge is 0.504 e. The Morgan fingerprint density at radius 1 is 1.00 bits per heavy atom. The zero-order valence-corrected chi connectivity index (χ0v) is 24.4. The topological polar surface area (TPSA) is 151 Å². The average molecular weight is 603 g/mol. The lowest BCUT2D eigenvalue weighted by Gasteiger charge is -2.14. The molecule has 12 heteroatoms. The van der Waals surface area contributed by atoms with Crippen molar-refractivity contribution in [1.82, 2.24) is 25.4 Å². The highest BCUT2D eigenvalue weighted by Gasteiger charge is 2.30. The molecule has 5 rings (SSSR count). The fourth-order valence-corrected chi connectivity index (χ4v) is 5.04. The quantitative estimate of drug-likeness (QED) is 0.156. The highest BCUT2D eigenvalue weighted by molar-refractivity contribution is 6.30. The van der Waals surface area contributed by atoms with Gasteiger partial charge in [0.2, 0.25) is 5.91 Å². The molecule has 11 nitrogen and oxygen atoms in total. The third-order valence-corrected chi connectivity index (χ3v) is 7.35. The number of nitrogens with zero attached hydrogens (tertiary/aromatic N) is 4. The number of hydrogen-bond donors (Lipinski definition) is 4. The van der Waals surface area contributed by atoms with E-state index in [0.29, 0.717) is 54.1 Å². The summed E-state index contributed by atoms with van der Waals surface area (Å²) >= 11 is 6.17. The monoisotopic (exact) mass is 602 g/mol. The summed E-state index contributed by atoms with van der Waals surface area (Å²) < 4.78 is 7.43. The maximum atomic E-state index is 13.1. The number of carbonyl (C=O) groups excluding carboxylic acids is 2. The normalized spacial score (nSPS) is 13.7. The van der Waals surface area contributed by atoms with Gasteiger partial charge in [-0.25, -0.2) is 0 Å². The molecule has 0 radical (unpaired) electrons. The van der Waals surface area contributed by atoms with Gasteiger partial charge in [0.25, 0.3) is 5.91 Å². The van der Waals surface area contributed by atoms with Crippen LogP contribution in [0.25, 0.3) is 5.69 Å². The molecule has 1 aliphatic rings. The number of aryl methyl sites for hydroxylation is 1. The van der Waals surface area contributed by atoms with E-state index in [1.54, 1.807) is 19.2 Å². The summed E-state index contributed by atoms with van der Waals surface area (Å²) in [7, 11) is 1.61. The van der Waals surface area contributed by atoms with Gasteiger partial charge in [-0.05, 0) is 62.2 Å². The van der Waals surface area contributed by atoms with Crippen LogP contribution in [-0.2, 0) is 4.79 Å². The standard InChI is InChI=1S/C31H31ClN6O5/c1-18-36-37-30-24(17-27(40)33-14-3-4-15-34-31(42)22-6-5-7-26(39)29(22)41)35-28(19-8-10-20(32)11-9-19)23-16-21(43-2)12-13-25(23)38(18)30/h5-13,16,24,39,41H,3-4,14-15,17H2,1-2H3,(H,33,40)(H,34,42). The van der Waals surface area contributed by atoms with Gasteiger partial charge in [0.05, 0.1) is 30.5 Å². The molecule has 0 bridgehead atoms. The van der Waals surface area contributed by atoms with Gasteiger partial charge < -0.3 is 25.6 Å². The van der Waals surface area contributed by atoms with Gasteiger partial charge in [0.15, 0.2) is 17.3 Å². The number of rotatable bonds is 10. The molecule has 2 heterocycles. The van der Waals surface area contributed by atoms with E-state index in [1.807, 2.05) is 41.8 Å². The van der Waals surface area contributed by atoms with Crippen LogP contribution in [0.5, 0.6) is 17.2 Å². The number of para-hydroxylation sites is 1. The number of carbonyl (C=O) groups is 2. The number of amides is 2. The van der Waals surface area contributed by atoms with Gasteiger partial charge in [-0.2, -0.15) is 0 Å². The molecule has 0 fully saturated rings. The van der Waals surface area contributed by atoms with Crippen molar-refractivity contribution >= 4 is 29.1 Å². The molecule has 3 aromatic carbocycles. The van der Waals surface area contributed by atoms with E-state index in [1.165, 1.54) is 18.2 Å². The van der Waals surface area contributed by atoms with E-state index in [9.17, 15) is 19.8 Å². The van der Waals surface area contributed by atoms with E-state index < -0.39 is 17.7 Å². The van der Waals surface area contributed by atoms with Crippen LogP contribution < -0.4 is 15.4 Å². The Kier molecular flexibility index (Phi) is 8.91. The maximum absolute atomic E-state index is 13.1. The minimum Gasteiger partial charge on any atom is -0.504 e. The zero-order chi connectivity index (χ0) is 30.5. The van der Waals surface area contributed by atoms with Crippen LogP contribution in [0.3, 0.4) is 0 Å². The molecule has 0 saturated heterocycles. The van der Waals surface area contributed by atoms with E-state index in [2.05, 4.69) is 20.8 Å². The van der Waals surface area contributed by atoms with Crippen molar-refractivity contribution in [2.45, 2.75) is 32.2 Å². The number of hydrogen-bond acceptors (Lipinski definition) is 8. The maximum Gasteiger partial charge on any atom is 0.255 e. The van der Waals surface area contributed by atoms with Crippen molar-refractivity contribution in [2.75, 3.05) is 20.2 Å². The van der Waals surface area contributed by atoms with Crippen LogP contribution in [0.15, 0.2) is 65.7 Å². The van der Waals surface area contributed by atoms with Crippen LogP contribution in [-0.4, -0.2) is 62.7 Å². The number of aromatic hydroxyl groups is 2. The van der Waals surface area contributed by atoms with Crippen LogP contribution in [0.1, 0.15) is 58.4 Å². The molecule has 4 N–H and O–H groups in total. The smallest absolute Gasteiger partial charge is 0.255 e. The zero-order valence-electron chi connectivity index (χ0n) is 23.7. The molecule has 1 unspecified atom stereocenters. The van der Waals surface area contributed by atoms with E-state index in [0.717, 1.165) is 16.8 Å². The molecule has 1 atom stereocenters. The van der Waals surface area contributed by atoms with Crippen molar-refractivity contribution in [3.8, 4) is 22.9 Å². The second-order valence-electron chi connectivity index (χ2n) is 10.0. The lowest BCUT2D eigenvalue weighted by atomic mass is 10.00. The third-order valence-electron chi connectivity index (χ3n) is 7.10. The Labute approximate surface area is 253 Å². The van der Waals surface area contributed by atoms with Crippen LogP contribution in [0.2, 0.25) is 5.02 Å². The average Bonchev–Trinajstić information content (AvgIpc) is 3.33. The Morgan fingerprint density at radius 3 is 2.49 bits per heavy atom. The van der Waals surface area contributed by atoms with Crippen molar-refractivity contribution in [3.63, 3.8) is 0 Å². The Morgan fingerprint density at radius 2 is 1.74 bits per heavy atom. The number of aliphatic imine (C=N–C) groups is 1. The van der Waals surface area contributed by atoms with Crippen LogP contribution in [0.4, 0.5) is 0 Å². The molecule has 1 aliphatic heterocycles. The number of phenols is 2. The summed E-state index contributed by atoms with van der Waals surface area (Å²) in [5, 5.41) is 34.4. The third kappa shape index (κ3) is 6.46. The summed E-state index contributed by atoms with van der Waals surface area (Å²) in [6.07, 6.45) is 1.26. The predicted molar refractivity (Wildman–Crippen MR) is 161 cm³/mol. The number of fused-ring (bicyclic) bond motifs is 3. The minimum absolute atomic E-state index is 0.00101. The van der Waals surface area contributed by atoms with Crippen molar-refractivity contribution in [1.29, 1.82) is 0 Å². The molecule has 0 saturated carbocycles. The lowest BCUT2D eigenvalue weighted by molar-refractivity contribution is -0.121. The number of unbranched alkanes of at least 4 members (excludes halogenated alkanes) is 1. The second-order valence-corrected chi connectivity index (χ2v) is 10.5. The SMILES string of the molecule is COc1ccc2c(c1)C(c1ccc(Cl)cc1)=NC(CC(=O)NCCCCNC(=O)c1cccc(O)c1O)c1nnc(C)n1-2. The van der Waals surface area contributed by atoms with E-state index >= 15 is 0 Å². The number of phenolic OH excluding ortho intramolecular Hbond substituents is 2. The number of methoxy groups -OCH3 is 1. The van der Waals surface area contributed by atoms with Gasteiger partial charge >= 0.3 is 0 Å². The van der Waals surface area contributed by atoms with Gasteiger partial charge in [0.1, 0.15) is 17.6 Å². The molecule has 0 spiro atoms. The molecule has 222 valence electrons. The first-order valence-corrected chi connectivity index (χ1v) is 14.1. The van der Waals surface area contributed by atoms with Crippen molar-refractivity contribution < 1.29 is 24.5 Å². The number of aromatic nitrogens is 3. The minimum atomic E-state index is -0.612. The Bertz CT molecular complexity index is 1680. The van der Waals surface area contributed by atoms with Crippen LogP contribution >= 0.6 is 11.6 Å². The van der Waals surface area contributed by atoms with Gasteiger partial charge in [-0.15, -0.1) is 10.2 Å². The molecule has 43 heavy (non-hydrogen) atoms. The summed E-state index contributed by atoms with van der Waals surface area (Å²) in [5.41, 5.74) is 3.16. The first-order chi connectivity index (χ1) is 20.8. The molecule has 4 aromatic rings. The molecular formula is C31H31ClN6O5. The molecule has 0 aliphatic carbocycles. The molecular weight excluding hydrogens is 572 g/mol. The Hall–Kier alpha value is -4.90. The predicted octanol–water partition coefficient (Wildman–Crippen LogP) is 4.26.